The normalized spacial score (nSPS) is 16.9. The van der Waals surface area contributed by atoms with Crippen molar-refractivity contribution in [3.63, 3.8) is 0 Å². The maximum atomic E-state index is 12.2. The summed E-state index contributed by atoms with van der Waals surface area (Å²) in [4.78, 5) is 27.7. The van der Waals surface area contributed by atoms with Gasteiger partial charge in [0.05, 0.1) is 15.5 Å². The molecule has 0 spiro atoms. The van der Waals surface area contributed by atoms with Crippen molar-refractivity contribution >= 4 is 40.3 Å². The van der Waals surface area contributed by atoms with Gasteiger partial charge in [0, 0.05) is 11.6 Å². The van der Waals surface area contributed by atoms with Crippen molar-refractivity contribution in [3.05, 3.63) is 74.2 Å². The Bertz CT molecular complexity index is 934. The van der Waals surface area contributed by atoms with E-state index in [9.17, 15) is 14.9 Å². The van der Waals surface area contributed by atoms with Gasteiger partial charge in [0.15, 0.2) is 5.17 Å². The summed E-state index contributed by atoms with van der Waals surface area (Å²) in [6, 6.07) is 12.7. The minimum Gasteiger partial charge on any atom is -0.300 e. The Morgan fingerprint density at radius 1 is 1.23 bits per heavy atom. The van der Waals surface area contributed by atoms with Crippen molar-refractivity contribution < 1.29 is 9.72 Å². The first-order valence-electron chi connectivity index (χ1n) is 8.10. The maximum absolute atomic E-state index is 12.2. The van der Waals surface area contributed by atoms with Gasteiger partial charge in [0.25, 0.3) is 11.6 Å². The summed E-state index contributed by atoms with van der Waals surface area (Å²) in [5.41, 5.74) is 3.20. The Kier molecular flexibility index (Phi) is 5.18. The average molecular weight is 367 g/mol. The molecule has 1 saturated heterocycles. The number of rotatable bonds is 4. The number of carbonyl (C=O) groups excluding carboxylic acids is 1. The third-order valence-electron chi connectivity index (χ3n) is 3.95. The van der Waals surface area contributed by atoms with E-state index in [4.69, 9.17) is 0 Å². The first kappa shape index (κ1) is 17.9. The van der Waals surface area contributed by atoms with E-state index < -0.39 is 4.92 Å². The van der Waals surface area contributed by atoms with Crippen LogP contribution < -0.4 is 5.32 Å². The minimum atomic E-state index is -0.425. The van der Waals surface area contributed by atoms with Crippen LogP contribution in [-0.2, 0) is 11.2 Å². The average Bonchev–Trinajstić information content (AvgIpc) is 2.96. The van der Waals surface area contributed by atoms with E-state index in [2.05, 4.69) is 17.2 Å². The Morgan fingerprint density at radius 3 is 2.62 bits per heavy atom. The van der Waals surface area contributed by atoms with Crippen molar-refractivity contribution in [2.45, 2.75) is 20.3 Å². The highest BCUT2D eigenvalue weighted by Crippen LogP contribution is 2.29. The Labute approximate surface area is 155 Å². The molecule has 2 aromatic rings. The highest BCUT2D eigenvalue weighted by Gasteiger charge is 2.24. The zero-order chi connectivity index (χ0) is 18.7. The van der Waals surface area contributed by atoms with E-state index in [1.54, 1.807) is 25.1 Å². The molecule has 2 aromatic carbocycles. The van der Waals surface area contributed by atoms with Gasteiger partial charge >= 0.3 is 0 Å². The number of aliphatic imine (C=N–C) groups is 1. The van der Waals surface area contributed by atoms with E-state index in [0.717, 1.165) is 12.1 Å². The fourth-order valence-corrected chi connectivity index (χ4v) is 3.31. The van der Waals surface area contributed by atoms with Crippen molar-refractivity contribution in [1.82, 2.24) is 5.32 Å². The summed E-state index contributed by atoms with van der Waals surface area (Å²) < 4.78 is 0. The molecule has 0 saturated carbocycles. The van der Waals surface area contributed by atoms with Crippen LogP contribution in [-0.4, -0.2) is 16.0 Å². The summed E-state index contributed by atoms with van der Waals surface area (Å²) >= 11 is 1.22. The van der Waals surface area contributed by atoms with Gasteiger partial charge in [0.1, 0.15) is 0 Å². The number of nitrogens with zero attached hydrogens (tertiary/aromatic N) is 2. The second-order valence-electron chi connectivity index (χ2n) is 5.80. The molecule has 3 rings (SSSR count). The number of hydrogen-bond acceptors (Lipinski definition) is 5. The summed E-state index contributed by atoms with van der Waals surface area (Å²) in [6.07, 6.45) is 2.59. The first-order valence-corrected chi connectivity index (χ1v) is 8.91. The molecular weight excluding hydrogens is 350 g/mol. The molecule has 0 aromatic heterocycles. The van der Waals surface area contributed by atoms with Gasteiger partial charge in [-0.05, 0) is 54.4 Å². The number of amides is 1. The van der Waals surface area contributed by atoms with Crippen LogP contribution >= 0.6 is 11.8 Å². The van der Waals surface area contributed by atoms with Crippen LogP contribution in [0.5, 0.6) is 0 Å². The SMILES string of the molecule is CCc1ccc(N=C2NC(=O)/C(=C/c3ccc(C)c([N+](=O)[O-])c3)S2)cc1. The highest BCUT2D eigenvalue weighted by atomic mass is 32.2. The zero-order valence-electron chi connectivity index (χ0n) is 14.4. The van der Waals surface area contributed by atoms with Crippen LogP contribution in [0.1, 0.15) is 23.6 Å². The molecule has 1 aliphatic heterocycles. The Hall–Kier alpha value is -2.93. The van der Waals surface area contributed by atoms with Gasteiger partial charge in [-0.15, -0.1) is 0 Å². The fourth-order valence-electron chi connectivity index (χ4n) is 2.47. The summed E-state index contributed by atoms with van der Waals surface area (Å²) in [5.74, 6) is -0.262. The van der Waals surface area contributed by atoms with Crippen molar-refractivity contribution in [2.24, 2.45) is 4.99 Å². The number of nitro groups is 1. The summed E-state index contributed by atoms with van der Waals surface area (Å²) in [7, 11) is 0. The number of nitrogens with one attached hydrogen (secondary N) is 1. The van der Waals surface area contributed by atoms with E-state index >= 15 is 0 Å². The topological polar surface area (TPSA) is 84.6 Å². The lowest BCUT2D eigenvalue weighted by Gasteiger charge is -1.99. The van der Waals surface area contributed by atoms with Crippen molar-refractivity contribution in [3.8, 4) is 0 Å². The van der Waals surface area contributed by atoms with E-state index in [1.165, 1.54) is 23.4 Å². The van der Waals surface area contributed by atoms with Crippen LogP contribution in [0.25, 0.3) is 6.08 Å². The molecule has 1 N–H and O–H groups in total. The van der Waals surface area contributed by atoms with E-state index in [-0.39, 0.29) is 11.6 Å². The van der Waals surface area contributed by atoms with Gasteiger partial charge in [-0.25, -0.2) is 4.99 Å². The molecular formula is C19H17N3O3S. The predicted molar refractivity (Wildman–Crippen MR) is 104 cm³/mol. The van der Waals surface area contributed by atoms with Crippen molar-refractivity contribution in [2.75, 3.05) is 0 Å². The molecule has 1 fully saturated rings. The third kappa shape index (κ3) is 4.00. The number of nitro benzene ring substituents is 1. The second kappa shape index (κ2) is 7.53. The molecule has 132 valence electrons. The molecule has 0 atom stereocenters. The molecule has 7 heteroatoms. The first-order chi connectivity index (χ1) is 12.5. The lowest BCUT2D eigenvalue weighted by Crippen LogP contribution is -2.19. The molecule has 0 bridgehead atoms. The number of thioether (sulfide) groups is 1. The highest BCUT2D eigenvalue weighted by molar-refractivity contribution is 8.18. The molecule has 1 aliphatic rings. The van der Waals surface area contributed by atoms with Crippen molar-refractivity contribution in [1.29, 1.82) is 0 Å². The van der Waals surface area contributed by atoms with Gasteiger partial charge < -0.3 is 5.32 Å². The van der Waals surface area contributed by atoms with Crippen LogP contribution in [0.3, 0.4) is 0 Å². The quantitative estimate of drug-likeness (QED) is 0.494. The van der Waals surface area contributed by atoms with E-state index in [0.29, 0.717) is 21.2 Å². The largest absolute Gasteiger partial charge is 0.300 e. The maximum Gasteiger partial charge on any atom is 0.272 e. The summed E-state index contributed by atoms with van der Waals surface area (Å²) in [6.45, 7) is 3.76. The van der Waals surface area contributed by atoms with Crippen LogP contribution in [0.15, 0.2) is 52.4 Å². The molecule has 0 unspecified atom stereocenters. The predicted octanol–water partition coefficient (Wildman–Crippen LogP) is 4.36. The van der Waals surface area contributed by atoms with Gasteiger partial charge in [0.2, 0.25) is 0 Å². The number of amidine groups is 1. The van der Waals surface area contributed by atoms with Gasteiger partial charge in [-0.2, -0.15) is 0 Å². The molecule has 6 nitrogen and oxygen atoms in total. The van der Waals surface area contributed by atoms with E-state index in [1.807, 2.05) is 24.3 Å². The standard InChI is InChI=1S/C19H17N3O3S/c1-3-13-6-8-15(9-7-13)20-19-21-18(23)17(26-19)11-14-5-4-12(2)16(10-14)22(24)25/h4-11H,3H2,1-2H3,(H,20,21,23)/b17-11-. The second-order valence-corrected chi connectivity index (χ2v) is 6.84. The minimum absolute atomic E-state index is 0.0349. The summed E-state index contributed by atoms with van der Waals surface area (Å²) in [5, 5.41) is 14.3. The van der Waals surface area contributed by atoms with Gasteiger partial charge in [-0.1, -0.05) is 31.2 Å². The van der Waals surface area contributed by atoms with Crippen LogP contribution in [0.4, 0.5) is 11.4 Å². The molecule has 0 radical (unpaired) electrons. The Balaban J connectivity index is 1.83. The van der Waals surface area contributed by atoms with Crippen LogP contribution in [0.2, 0.25) is 0 Å². The fraction of sp³-hybridized carbons (Fsp3) is 0.158. The molecule has 1 heterocycles. The number of carbonyl (C=O) groups is 1. The monoisotopic (exact) mass is 367 g/mol. The lowest BCUT2D eigenvalue weighted by molar-refractivity contribution is -0.385. The number of benzene rings is 2. The molecule has 0 aliphatic carbocycles. The number of hydrogen-bond donors (Lipinski definition) is 1. The smallest absolute Gasteiger partial charge is 0.272 e. The lowest BCUT2D eigenvalue weighted by atomic mass is 10.1. The van der Waals surface area contributed by atoms with Gasteiger partial charge in [-0.3, -0.25) is 14.9 Å². The molecule has 26 heavy (non-hydrogen) atoms. The number of aryl methyl sites for hydroxylation is 2. The van der Waals surface area contributed by atoms with Crippen LogP contribution in [0, 0.1) is 17.0 Å². The Morgan fingerprint density at radius 2 is 1.96 bits per heavy atom. The third-order valence-corrected chi connectivity index (χ3v) is 4.86. The molecule has 1 amide bonds. The zero-order valence-corrected chi connectivity index (χ0v) is 15.2.